The summed E-state index contributed by atoms with van der Waals surface area (Å²) >= 11 is 0. The first-order valence-electron chi connectivity index (χ1n) is 3.83. The van der Waals surface area contributed by atoms with Crippen LogP contribution >= 0.6 is 0 Å². The van der Waals surface area contributed by atoms with E-state index < -0.39 is 0 Å². The van der Waals surface area contributed by atoms with Gasteiger partial charge in [-0.25, -0.2) is 0 Å². The molecule has 0 amide bonds. The van der Waals surface area contributed by atoms with Crippen molar-refractivity contribution in [2.24, 2.45) is 5.92 Å². The van der Waals surface area contributed by atoms with Crippen LogP contribution < -0.4 is 18.9 Å². The van der Waals surface area contributed by atoms with Gasteiger partial charge in [-0.3, -0.25) is 0 Å². The molecule has 1 atom stereocenters. The fourth-order valence-corrected chi connectivity index (χ4v) is 1.07. The normalized spacial score (nSPS) is 12.9. The van der Waals surface area contributed by atoms with E-state index in [0.717, 1.165) is 12.5 Å². The van der Waals surface area contributed by atoms with Crippen molar-refractivity contribution < 1.29 is 18.9 Å². The molecular formula is C8H18LiN. The molecule has 0 N–H and O–H groups in total. The summed E-state index contributed by atoms with van der Waals surface area (Å²) in [4.78, 5) is 0. The van der Waals surface area contributed by atoms with Gasteiger partial charge in [-0.2, -0.15) is 6.54 Å². The Morgan fingerprint density at radius 1 is 1.20 bits per heavy atom. The van der Waals surface area contributed by atoms with Crippen LogP contribution in [0.4, 0.5) is 0 Å². The number of rotatable bonds is 4. The molecule has 0 heterocycles. The van der Waals surface area contributed by atoms with E-state index >= 15 is 0 Å². The van der Waals surface area contributed by atoms with Crippen LogP contribution in [0, 0.1) is 5.92 Å². The molecule has 0 saturated heterocycles. The predicted molar refractivity (Wildman–Crippen MR) is 42.8 cm³/mol. The number of hydrogen-bond donors (Lipinski definition) is 0. The third kappa shape index (κ3) is 8.56. The van der Waals surface area contributed by atoms with Gasteiger partial charge < -0.3 is 5.32 Å². The Kier molecular flexibility index (Phi) is 10.1. The monoisotopic (exact) mass is 135 g/mol. The molecule has 0 aliphatic rings. The van der Waals surface area contributed by atoms with Crippen molar-refractivity contribution in [1.82, 2.24) is 0 Å². The zero-order valence-electron chi connectivity index (χ0n) is 8.02. The zero-order chi connectivity index (χ0) is 7.28. The molecule has 0 fully saturated rings. The van der Waals surface area contributed by atoms with Crippen molar-refractivity contribution in [3.05, 3.63) is 5.32 Å². The van der Waals surface area contributed by atoms with Gasteiger partial charge in [0, 0.05) is 0 Å². The average Bonchev–Trinajstić information content (AvgIpc) is 1.63. The van der Waals surface area contributed by atoms with Crippen molar-refractivity contribution in [2.45, 2.75) is 40.2 Å². The van der Waals surface area contributed by atoms with Gasteiger partial charge in [0.25, 0.3) is 0 Å². The second kappa shape index (κ2) is 7.66. The first-order chi connectivity index (χ1) is 4.16. The molecular weight excluding hydrogens is 117 g/mol. The molecule has 0 rings (SSSR count). The fraction of sp³-hybridized carbons (Fsp3) is 1.00. The molecule has 1 nitrogen and oxygen atoms in total. The van der Waals surface area contributed by atoms with Crippen molar-refractivity contribution in [1.29, 1.82) is 0 Å². The van der Waals surface area contributed by atoms with Crippen molar-refractivity contribution in [3.63, 3.8) is 0 Å². The second-order valence-corrected chi connectivity index (χ2v) is 2.98. The van der Waals surface area contributed by atoms with Crippen molar-refractivity contribution in [3.8, 4) is 0 Å². The van der Waals surface area contributed by atoms with Gasteiger partial charge in [0.05, 0.1) is 0 Å². The fourth-order valence-electron chi connectivity index (χ4n) is 1.07. The van der Waals surface area contributed by atoms with E-state index in [1.54, 1.807) is 0 Å². The smallest absolute Gasteiger partial charge is 0.660 e. The van der Waals surface area contributed by atoms with Crippen molar-refractivity contribution in [2.75, 3.05) is 6.54 Å². The molecule has 10 heavy (non-hydrogen) atoms. The third-order valence-corrected chi connectivity index (χ3v) is 1.31. The van der Waals surface area contributed by atoms with Gasteiger partial charge >= 0.3 is 18.9 Å². The van der Waals surface area contributed by atoms with Gasteiger partial charge in [0.1, 0.15) is 0 Å². The molecule has 0 radical (unpaired) electrons. The molecule has 0 spiro atoms. The van der Waals surface area contributed by atoms with Gasteiger partial charge in [-0.05, 0) is 5.92 Å². The van der Waals surface area contributed by atoms with Gasteiger partial charge in [0.15, 0.2) is 0 Å². The van der Waals surface area contributed by atoms with Crippen LogP contribution in [0.2, 0.25) is 0 Å². The zero-order valence-corrected chi connectivity index (χ0v) is 8.02. The maximum Gasteiger partial charge on any atom is 1.00 e. The van der Waals surface area contributed by atoms with E-state index in [4.69, 9.17) is 0 Å². The van der Waals surface area contributed by atoms with Crippen LogP contribution in [0.15, 0.2) is 0 Å². The van der Waals surface area contributed by atoms with Gasteiger partial charge in [-0.15, -0.1) is 6.04 Å². The summed E-state index contributed by atoms with van der Waals surface area (Å²) < 4.78 is 0. The van der Waals surface area contributed by atoms with E-state index in [-0.39, 0.29) is 18.9 Å². The number of hydrogen-bond acceptors (Lipinski definition) is 0. The Balaban J connectivity index is 0. The summed E-state index contributed by atoms with van der Waals surface area (Å²) in [6.07, 6.45) is 1.23. The Hall–Kier alpha value is 0.557. The molecule has 0 aromatic rings. The minimum atomic E-state index is 0. The average molecular weight is 135 g/mol. The van der Waals surface area contributed by atoms with E-state index in [0.29, 0.717) is 6.04 Å². The Morgan fingerprint density at radius 3 is 2.00 bits per heavy atom. The van der Waals surface area contributed by atoms with E-state index in [2.05, 4.69) is 33.0 Å². The van der Waals surface area contributed by atoms with Crippen molar-refractivity contribution >= 4 is 0 Å². The first-order valence-corrected chi connectivity index (χ1v) is 3.83. The summed E-state index contributed by atoms with van der Waals surface area (Å²) in [7, 11) is 0. The summed E-state index contributed by atoms with van der Waals surface area (Å²) in [5.41, 5.74) is 0. The molecule has 2 heteroatoms. The maximum atomic E-state index is 4.36. The standard InChI is InChI=1S/C8H18N.Li/c1-5-9-8(4)6-7(2)3;/h7-8H,5-6H2,1-4H3;/q-1;+1. The van der Waals surface area contributed by atoms with Crippen LogP contribution in [0.5, 0.6) is 0 Å². The van der Waals surface area contributed by atoms with E-state index in [1.807, 2.05) is 0 Å². The van der Waals surface area contributed by atoms with E-state index in [1.165, 1.54) is 6.42 Å². The molecule has 0 saturated carbocycles. The minimum absolute atomic E-state index is 0. The van der Waals surface area contributed by atoms with Crippen LogP contribution in [0.1, 0.15) is 34.1 Å². The predicted octanol–water partition coefficient (Wildman–Crippen LogP) is -0.181. The Morgan fingerprint density at radius 2 is 1.70 bits per heavy atom. The maximum absolute atomic E-state index is 4.36. The molecule has 56 valence electrons. The summed E-state index contributed by atoms with van der Waals surface area (Å²) in [6, 6.07) is 0.565. The van der Waals surface area contributed by atoms with E-state index in [9.17, 15) is 0 Å². The van der Waals surface area contributed by atoms with Crippen LogP contribution in [0.3, 0.4) is 0 Å². The van der Waals surface area contributed by atoms with Crippen LogP contribution in [-0.4, -0.2) is 12.6 Å². The molecule has 0 aromatic heterocycles. The quantitative estimate of drug-likeness (QED) is 0.475. The molecule has 0 aliphatic heterocycles. The summed E-state index contributed by atoms with van der Waals surface area (Å²) in [5, 5.41) is 4.36. The SMILES string of the molecule is CC[N-]C(C)CC(C)C.[Li+]. The number of nitrogens with zero attached hydrogens (tertiary/aromatic N) is 1. The topological polar surface area (TPSA) is 14.1 Å². The molecule has 0 aliphatic carbocycles. The first kappa shape index (κ1) is 13.2. The van der Waals surface area contributed by atoms with Crippen LogP contribution in [-0.2, 0) is 0 Å². The Labute approximate surface area is 77.1 Å². The molecule has 0 aromatic carbocycles. The van der Waals surface area contributed by atoms with Crippen LogP contribution in [0.25, 0.3) is 5.32 Å². The molecule has 0 bridgehead atoms. The Bertz CT molecular complexity index is 64.3. The van der Waals surface area contributed by atoms with Gasteiger partial charge in [-0.1, -0.05) is 34.1 Å². The largest absolute Gasteiger partial charge is 1.00 e. The minimum Gasteiger partial charge on any atom is -0.660 e. The summed E-state index contributed by atoms with van der Waals surface area (Å²) in [5.74, 6) is 0.787. The summed E-state index contributed by atoms with van der Waals surface area (Å²) in [6.45, 7) is 9.72. The third-order valence-electron chi connectivity index (χ3n) is 1.31. The van der Waals surface area contributed by atoms with Gasteiger partial charge in [0.2, 0.25) is 0 Å². The second-order valence-electron chi connectivity index (χ2n) is 2.98. The molecule has 1 unspecified atom stereocenters.